The van der Waals surface area contributed by atoms with Crippen LogP contribution in [0.25, 0.3) is 5.69 Å². The average Bonchev–Trinajstić information content (AvgIpc) is 2.80. The predicted molar refractivity (Wildman–Crippen MR) is 124 cm³/mol. The molecule has 33 heavy (non-hydrogen) atoms. The van der Waals surface area contributed by atoms with Gasteiger partial charge in [-0.25, -0.2) is 13.6 Å². The lowest BCUT2D eigenvalue weighted by molar-refractivity contribution is -0.384. The molecule has 0 spiro atoms. The van der Waals surface area contributed by atoms with Gasteiger partial charge >= 0.3 is 0 Å². The zero-order chi connectivity index (χ0) is 23.8. The highest BCUT2D eigenvalue weighted by atomic mass is 35.5. The van der Waals surface area contributed by atoms with Crippen molar-refractivity contribution in [3.05, 3.63) is 80.2 Å². The zero-order valence-corrected chi connectivity index (χ0v) is 18.7. The minimum absolute atomic E-state index is 0.0331. The number of hydrogen-bond acceptors (Lipinski definition) is 8. The third kappa shape index (κ3) is 4.53. The van der Waals surface area contributed by atoms with Gasteiger partial charge in [0, 0.05) is 32.2 Å². The number of benzene rings is 2. The van der Waals surface area contributed by atoms with Gasteiger partial charge in [-0.3, -0.25) is 14.9 Å². The average molecular weight is 491 g/mol. The van der Waals surface area contributed by atoms with Gasteiger partial charge in [-0.2, -0.15) is 9.78 Å². The van der Waals surface area contributed by atoms with Crippen LogP contribution in [0.15, 0.2) is 64.4 Å². The summed E-state index contributed by atoms with van der Waals surface area (Å²) in [5, 5.41) is 20.9. The van der Waals surface area contributed by atoms with E-state index >= 15 is 0 Å². The fraction of sp³-hybridized carbons (Fsp3) is 0.200. The lowest BCUT2D eigenvalue weighted by atomic mass is 10.2. The summed E-state index contributed by atoms with van der Waals surface area (Å²) in [6, 6.07) is 12.5. The van der Waals surface area contributed by atoms with Crippen molar-refractivity contribution in [3.8, 4) is 5.69 Å². The van der Waals surface area contributed by atoms with E-state index in [0.717, 1.165) is 6.07 Å². The lowest BCUT2D eigenvalue weighted by Crippen LogP contribution is -2.47. The maximum Gasteiger partial charge on any atom is 0.293 e. The first-order valence-corrected chi connectivity index (χ1v) is 11.7. The van der Waals surface area contributed by atoms with Crippen molar-refractivity contribution < 1.29 is 13.3 Å². The van der Waals surface area contributed by atoms with Crippen LogP contribution >= 0.6 is 11.6 Å². The van der Waals surface area contributed by atoms with Gasteiger partial charge in [0.1, 0.15) is 10.7 Å². The number of nitro benzene ring substituents is 1. The molecule has 2 heterocycles. The summed E-state index contributed by atoms with van der Waals surface area (Å²) >= 11 is 6.38. The molecule has 0 amide bonds. The summed E-state index contributed by atoms with van der Waals surface area (Å²) in [5.41, 5.74) is 0.566. The second-order valence-electron chi connectivity index (χ2n) is 7.32. The number of sulfonamides is 1. The highest BCUT2D eigenvalue weighted by Crippen LogP contribution is 2.32. The van der Waals surface area contributed by atoms with Gasteiger partial charge in [0.05, 0.1) is 27.4 Å². The Morgan fingerprint density at radius 1 is 1.00 bits per heavy atom. The highest BCUT2D eigenvalue weighted by molar-refractivity contribution is 7.89. The van der Waals surface area contributed by atoms with Crippen molar-refractivity contribution in [2.24, 2.45) is 5.14 Å². The topological polar surface area (TPSA) is 145 Å². The number of nitrogens with two attached hydrogens (primary N) is 1. The van der Waals surface area contributed by atoms with E-state index in [4.69, 9.17) is 16.7 Å². The monoisotopic (exact) mass is 490 g/mol. The summed E-state index contributed by atoms with van der Waals surface area (Å²) in [6.07, 6.45) is 1.52. The van der Waals surface area contributed by atoms with Crippen LogP contribution in [-0.4, -0.2) is 49.3 Å². The Bertz CT molecular complexity index is 1370. The lowest BCUT2D eigenvalue weighted by Gasteiger charge is -2.37. The van der Waals surface area contributed by atoms with Gasteiger partial charge in [-0.1, -0.05) is 29.8 Å². The van der Waals surface area contributed by atoms with E-state index in [0.29, 0.717) is 37.6 Å². The second-order valence-corrected chi connectivity index (χ2v) is 9.26. The number of aromatic nitrogens is 2. The first-order valence-electron chi connectivity index (χ1n) is 9.81. The summed E-state index contributed by atoms with van der Waals surface area (Å²) in [4.78, 5) is 27.0. The van der Waals surface area contributed by atoms with Crippen LogP contribution in [0.1, 0.15) is 0 Å². The van der Waals surface area contributed by atoms with Crippen LogP contribution in [0.4, 0.5) is 17.1 Å². The van der Waals surface area contributed by atoms with Gasteiger partial charge in [0.2, 0.25) is 10.0 Å². The number of nitro groups is 1. The molecular weight excluding hydrogens is 472 g/mol. The van der Waals surface area contributed by atoms with E-state index in [2.05, 4.69) is 5.10 Å². The van der Waals surface area contributed by atoms with Crippen LogP contribution in [0, 0.1) is 10.1 Å². The molecule has 0 radical (unpaired) electrons. The van der Waals surface area contributed by atoms with E-state index < -0.39 is 20.5 Å². The van der Waals surface area contributed by atoms with Crippen molar-refractivity contribution in [2.45, 2.75) is 4.90 Å². The molecule has 1 aliphatic rings. The summed E-state index contributed by atoms with van der Waals surface area (Å²) in [5.74, 6) is 0. The molecule has 11 nitrogen and oxygen atoms in total. The number of primary sulfonamides is 1. The Morgan fingerprint density at radius 3 is 2.18 bits per heavy atom. The molecule has 0 saturated carbocycles. The number of hydrogen-bond donors (Lipinski definition) is 1. The van der Waals surface area contributed by atoms with Crippen LogP contribution in [0.5, 0.6) is 0 Å². The third-order valence-corrected chi connectivity index (χ3v) is 6.60. The molecule has 0 atom stereocenters. The van der Waals surface area contributed by atoms with Crippen molar-refractivity contribution in [3.63, 3.8) is 0 Å². The summed E-state index contributed by atoms with van der Waals surface area (Å²) in [6.45, 7) is 1.61. The Labute approximate surface area is 193 Å². The predicted octanol–water partition coefficient (Wildman–Crippen LogP) is 1.77. The molecule has 0 aliphatic carbocycles. The summed E-state index contributed by atoms with van der Waals surface area (Å²) < 4.78 is 24.3. The molecule has 1 aromatic heterocycles. The number of rotatable bonds is 5. The third-order valence-electron chi connectivity index (χ3n) is 5.33. The van der Waals surface area contributed by atoms with E-state index in [1.54, 1.807) is 29.2 Å². The van der Waals surface area contributed by atoms with E-state index in [1.807, 2.05) is 11.0 Å². The van der Waals surface area contributed by atoms with Crippen LogP contribution in [0.3, 0.4) is 0 Å². The molecule has 1 aliphatic heterocycles. The number of para-hydroxylation sites is 1. The van der Waals surface area contributed by atoms with Crippen LogP contribution in [-0.2, 0) is 10.0 Å². The standard InChI is InChI=1S/C20H19ClN6O5S/c21-19-18(13-23-26(20(19)28)14-4-2-1-3-5-14)25-10-8-24(9-11-25)16-7-6-15(33(22,31)32)12-17(16)27(29)30/h1-7,12-13H,8-11H2,(H2,22,31,32). The first-order chi connectivity index (χ1) is 15.7. The molecule has 4 rings (SSSR count). The Balaban J connectivity index is 1.56. The Kier molecular flexibility index (Phi) is 6.06. The molecular formula is C20H19ClN6O5S. The van der Waals surface area contributed by atoms with Gasteiger partial charge in [-0.05, 0) is 24.3 Å². The molecule has 2 N–H and O–H groups in total. The fourth-order valence-electron chi connectivity index (χ4n) is 3.68. The van der Waals surface area contributed by atoms with E-state index in [9.17, 15) is 23.3 Å². The SMILES string of the molecule is NS(=O)(=O)c1ccc(N2CCN(c3cnn(-c4ccccc4)c(=O)c3Cl)CC2)c([N+](=O)[O-])c1. The molecule has 0 unspecified atom stereocenters. The molecule has 1 saturated heterocycles. The van der Waals surface area contributed by atoms with Crippen molar-refractivity contribution in [2.75, 3.05) is 36.0 Å². The van der Waals surface area contributed by atoms with E-state index in [-0.39, 0.29) is 21.3 Å². The minimum atomic E-state index is -4.07. The van der Waals surface area contributed by atoms with Gasteiger partial charge in [0.25, 0.3) is 11.2 Å². The molecule has 172 valence electrons. The van der Waals surface area contributed by atoms with Crippen LogP contribution < -0.4 is 20.5 Å². The molecule has 2 aromatic carbocycles. The maximum atomic E-state index is 12.7. The quantitative estimate of drug-likeness (QED) is 0.420. The van der Waals surface area contributed by atoms with Gasteiger partial charge in [-0.15, -0.1) is 0 Å². The number of halogens is 1. The Morgan fingerprint density at radius 2 is 1.61 bits per heavy atom. The number of nitrogens with zero attached hydrogens (tertiary/aromatic N) is 5. The van der Waals surface area contributed by atoms with E-state index in [1.165, 1.54) is 23.0 Å². The maximum absolute atomic E-state index is 12.7. The number of piperazine rings is 1. The largest absolute Gasteiger partial charge is 0.365 e. The van der Waals surface area contributed by atoms with Crippen molar-refractivity contribution in [1.29, 1.82) is 0 Å². The minimum Gasteiger partial charge on any atom is -0.365 e. The van der Waals surface area contributed by atoms with Crippen LogP contribution in [0.2, 0.25) is 5.02 Å². The first kappa shape index (κ1) is 22.7. The number of anilines is 2. The Hall–Kier alpha value is -3.48. The molecule has 3 aromatic rings. The smallest absolute Gasteiger partial charge is 0.293 e. The highest BCUT2D eigenvalue weighted by Gasteiger charge is 2.27. The molecule has 1 fully saturated rings. The zero-order valence-electron chi connectivity index (χ0n) is 17.2. The molecule has 0 bridgehead atoms. The van der Waals surface area contributed by atoms with Crippen molar-refractivity contribution >= 4 is 38.7 Å². The van der Waals surface area contributed by atoms with Gasteiger partial charge in [0.15, 0.2) is 0 Å². The molecule has 13 heteroatoms. The fourth-order valence-corrected chi connectivity index (χ4v) is 4.46. The summed E-state index contributed by atoms with van der Waals surface area (Å²) in [7, 11) is -4.07. The second kappa shape index (κ2) is 8.81. The normalized spacial score (nSPS) is 14.4. The van der Waals surface area contributed by atoms with Crippen molar-refractivity contribution in [1.82, 2.24) is 9.78 Å². The van der Waals surface area contributed by atoms with Gasteiger partial charge < -0.3 is 9.80 Å².